The molecule has 0 heterocycles. The third kappa shape index (κ3) is 7.09. The summed E-state index contributed by atoms with van der Waals surface area (Å²) in [6.07, 6.45) is 0. The lowest BCUT2D eigenvalue weighted by Gasteiger charge is -2.18. The van der Waals surface area contributed by atoms with Gasteiger partial charge in [0.2, 0.25) is 0 Å². The topological polar surface area (TPSA) is 131 Å². The van der Waals surface area contributed by atoms with Crippen molar-refractivity contribution in [2.45, 2.75) is 12.5 Å². The molecule has 0 bridgehead atoms. The maximum Gasteiger partial charge on any atom is 0.337 e. The molecule has 1 unspecified atom stereocenters. The summed E-state index contributed by atoms with van der Waals surface area (Å²) >= 11 is 0. The lowest BCUT2D eigenvalue weighted by atomic mass is 10.1. The van der Waals surface area contributed by atoms with Gasteiger partial charge in [-0.05, 0) is 6.92 Å². The number of urea groups is 2. The van der Waals surface area contributed by atoms with E-state index in [-0.39, 0.29) is 19.1 Å². The van der Waals surface area contributed by atoms with Gasteiger partial charge in [0.15, 0.2) is 5.60 Å². The second-order valence-electron chi connectivity index (χ2n) is 4.31. The van der Waals surface area contributed by atoms with E-state index in [1.54, 1.807) is 14.1 Å². The minimum atomic E-state index is -2.02. The van der Waals surface area contributed by atoms with Crippen molar-refractivity contribution < 1.29 is 24.6 Å². The third-order valence-corrected chi connectivity index (χ3v) is 2.15. The molecule has 9 nitrogen and oxygen atoms in total. The fourth-order valence-corrected chi connectivity index (χ4v) is 0.894. The molecule has 0 aliphatic heterocycles. The Morgan fingerprint density at radius 1 is 1.11 bits per heavy atom. The van der Waals surface area contributed by atoms with Gasteiger partial charge in [-0.3, -0.25) is 0 Å². The number of hydrogen-bond donors (Lipinski definition) is 5. The Labute approximate surface area is 111 Å². The van der Waals surface area contributed by atoms with Gasteiger partial charge in [-0.2, -0.15) is 0 Å². The number of amides is 4. The van der Waals surface area contributed by atoms with Gasteiger partial charge in [0.1, 0.15) is 0 Å². The van der Waals surface area contributed by atoms with Crippen LogP contribution >= 0.6 is 0 Å². The molecule has 0 aromatic carbocycles. The molecule has 0 aromatic rings. The minimum absolute atomic E-state index is 0.181. The molecule has 0 saturated carbocycles. The first kappa shape index (κ1) is 17.0. The predicted octanol–water partition coefficient (Wildman–Crippen LogP) is -1.61. The van der Waals surface area contributed by atoms with E-state index in [1.165, 1.54) is 4.90 Å². The molecule has 0 fully saturated rings. The summed E-state index contributed by atoms with van der Waals surface area (Å²) in [5.41, 5.74) is -2.02. The van der Waals surface area contributed by atoms with Crippen molar-refractivity contribution in [2.75, 3.05) is 33.7 Å². The molecule has 0 saturated heterocycles. The van der Waals surface area contributed by atoms with E-state index in [2.05, 4.69) is 16.0 Å². The van der Waals surface area contributed by atoms with Crippen LogP contribution in [-0.4, -0.2) is 72.5 Å². The van der Waals surface area contributed by atoms with Crippen LogP contribution in [0, 0.1) is 0 Å². The summed E-state index contributed by atoms with van der Waals surface area (Å²) in [6.45, 7) is 1.07. The van der Waals surface area contributed by atoms with Crippen LogP contribution in [0.1, 0.15) is 6.92 Å². The molecular weight excluding hydrogens is 256 g/mol. The fraction of sp³-hybridized carbons (Fsp3) is 0.700. The van der Waals surface area contributed by atoms with Crippen LogP contribution in [0.25, 0.3) is 0 Å². The molecular formula is C10H20N4O5. The van der Waals surface area contributed by atoms with E-state index in [4.69, 9.17) is 5.11 Å². The Balaban J connectivity index is 3.78. The molecule has 0 rings (SSSR count). The number of rotatable bonds is 6. The van der Waals surface area contributed by atoms with E-state index in [0.717, 1.165) is 6.92 Å². The average molecular weight is 276 g/mol. The van der Waals surface area contributed by atoms with Crippen molar-refractivity contribution in [2.24, 2.45) is 0 Å². The van der Waals surface area contributed by atoms with Crippen LogP contribution in [0.15, 0.2) is 0 Å². The van der Waals surface area contributed by atoms with Gasteiger partial charge >= 0.3 is 18.0 Å². The van der Waals surface area contributed by atoms with Crippen molar-refractivity contribution in [1.29, 1.82) is 0 Å². The first-order chi connectivity index (χ1) is 8.66. The Bertz CT molecular complexity index is 343. The lowest BCUT2D eigenvalue weighted by Crippen LogP contribution is -2.50. The third-order valence-electron chi connectivity index (χ3n) is 2.15. The summed E-state index contributed by atoms with van der Waals surface area (Å²) in [5.74, 6) is -1.42. The van der Waals surface area contributed by atoms with Crippen LogP contribution < -0.4 is 16.0 Å². The van der Waals surface area contributed by atoms with Crippen LogP contribution in [0.4, 0.5) is 9.59 Å². The lowest BCUT2D eigenvalue weighted by molar-refractivity contribution is -0.155. The van der Waals surface area contributed by atoms with Crippen LogP contribution in [0.5, 0.6) is 0 Å². The number of carboxylic acids is 1. The standard InChI is InChI=1S/C10H20N4O5/c1-10(19,7(15)16)6-13-8(17)11-4-5-12-9(18)14(2)3/h19H,4-6H2,1-3H3,(H,12,18)(H,15,16)(H2,11,13,17). The molecule has 0 spiro atoms. The summed E-state index contributed by atoms with van der Waals surface area (Å²) in [6, 6.07) is -0.906. The van der Waals surface area contributed by atoms with Crippen molar-refractivity contribution >= 4 is 18.0 Å². The van der Waals surface area contributed by atoms with Crippen molar-refractivity contribution in [3.8, 4) is 0 Å². The number of aliphatic carboxylic acids is 1. The van der Waals surface area contributed by atoms with E-state index in [1.807, 2.05) is 0 Å². The first-order valence-electron chi connectivity index (χ1n) is 5.59. The summed E-state index contributed by atoms with van der Waals surface area (Å²) in [4.78, 5) is 34.3. The molecule has 19 heavy (non-hydrogen) atoms. The second kappa shape index (κ2) is 7.41. The largest absolute Gasteiger partial charge is 0.479 e. The minimum Gasteiger partial charge on any atom is -0.479 e. The molecule has 5 N–H and O–H groups in total. The maximum absolute atomic E-state index is 11.2. The highest BCUT2D eigenvalue weighted by Crippen LogP contribution is 2.00. The quantitative estimate of drug-likeness (QED) is 0.373. The highest BCUT2D eigenvalue weighted by atomic mass is 16.4. The molecule has 0 aliphatic carbocycles. The van der Waals surface area contributed by atoms with E-state index in [0.29, 0.717) is 0 Å². The Morgan fingerprint density at radius 3 is 2.11 bits per heavy atom. The molecule has 0 aliphatic rings. The van der Waals surface area contributed by atoms with Gasteiger partial charge < -0.3 is 31.1 Å². The predicted molar refractivity (Wildman–Crippen MR) is 66.7 cm³/mol. The van der Waals surface area contributed by atoms with Gasteiger partial charge in [-0.25, -0.2) is 14.4 Å². The van der Waals surface area contributed by atoms with E-state index in [9.17, 15) is 19.5 Å². The number of carbonyl (C=O) groups is 3. The van der Waals surface area contributed by atoms with E-state index < -0.39 is 24.1 Å². The molecule has 4 amide bonds. The van der Waals surface area contributed by atoms with Crippen LogP contribution in [0.2, 0.25) is 0 Å². The molecule has 9 heteroatoms. The van der Waals surface area contributed by atoms with Gasteiger partial charge in [-0.15, -0.1) is 0 Å². The van der Waals surface area contributed by atoms with Gasteiger partial charge in [-0.1, -0.05) is 0 Å². The zero-order chi connectivity index (χ0) is 15.1. The number of nitrogens with one attached hydrogen (secondary N) is 3. The molecule has 110 valence electrons. The smallest absolute Gasteiger partial charge is 0.337 e. The summed E-state index contributed by atoms with van der Waals surface area (Å²) in [7, 11) is 3.17. The van der Waals surface area contributed by atoms with E-state index >= 15 is 0 Å². The van der Waals surface area contributed by atoms with Crippen molar-refractivity contribution in [3.63, 3.8) is 0 Å². The van der Waals surface area contributed by atoms with Crippen molar-refractivity contribution in [1.82, 2.24) is 20.9 Å². The van der Waals surface area contributed by atoms with Gasteiger partial charge in [0.05, 0.1) is 6.54 Å². The number of nitrogens with zero attached hydrogens (tertiary/aromatic N) is 1. The van der Waals surface area contributed by atoms with Crippen LogP contribution in [-0.2, 0) is 4.79 Å². The maximum atomic E-state index is 11.2. The monoisotopic (exact) mass is 276 g/mol. The molecule has 0 aromatic heterocycles. The highest BCUT2D eigenvalue weighted by Gasteiger charge is 2.30. The Morgan fingerprint density at radius 2 is 1.63 bits per heavy atom. The SMILES string of the molecule is CN(C)C(=O)NCCNC(=O)NCC(C)(O)C(=O)O. The highest BCUT2D eigenvalue weighted by molar-refractivity contribution is 5.79. The zero-order valence-electron chi connectivity index (χ0n) is 11.2. The zero-order valence-corrected chi connectivity index (χ0v) is 11.2. The van der Waals surface area contributed by atoms with Crippen LogP contribution in [0.3, 0.4) is 0 Å². The fourth-order valence-electron chi connectivity index (χ4n) is 0.894. The molecule has 1 atom stereocenters. The van der Waals surface area contributed by atoms with Gasteiger partial charge in [0.25, 0.3) is 0 Å². The second-order valence-corrected chi connectivity index (χ2v) is 4.31. The number of hydrogen-bond acceptors (Lipinski definition) is 4. The number of carboxylic acid groups (broad SMARTS) is 1. The Kier molecular flexibility index (Phi) is 6.62. The van der Waals surface area contributed by atoms with Crippen molar-refractivity contribution in [3.05, 3.63) is 0 Å². The van der Waals surface area contributed by atoms with Gasteiger partial charge in [0, 0.05) is 27.2 Å². The average Bonchev–Trinajstić information content (AvgIpc) is 2.31. The normalized spacial score (nSPS) is 13.1. The number of carbonyl (C=O) groups excluding carboxylic acids is 2. The molecule has 0 radical (unpaired) electrons. The summed E-state index contributed by atoms with van der Waals surface area (Å²) < 4.78 is 0. The first-order valence-corrected chi connectivity index (χ1v) is 5.59. The Hall–Kier alpha value is -2.03. The summed E-state index contributed by atoms with van der Waals surface area (Å²) in [5, 5.41) is 25.1. The number of aliphatic hydroxyl groups is 1.